The first-order valence-corrected chi connectivity index (χ1v) is 8.93. The Morgan fingerprint density at radius 3 is 2.62 bits per heavy atom. The van der Waals surface area contributed by atoms with Crippen molar-refractivity contribution in [1.82, 2.24) is 10.6 Å². The third kappa shape index (κ3) is 6.02. The molecule has 2 atom stereocenters. The highest BCUT2D eigenvalue weighted by Gasteiger charge is 2.24. The van der Waals surface area contributed by atoms with E-state index in [9.17, 15) is 14.4 Å². The van der Waals surface area contributed by atoms with Crippen LogP contribution in [0.3, 0.4) is 0 Å². The molecule has 0 spiro atoms. The number of allylic oxidation sites excluding steroid dienone is 1. The van der Waals surface area contributed by atoms with Gasteiger partial charge in [-0.1, -0.05) is 56.3 Å². The molecule has 1 heterocycles. The van der Waals surface area contributed by atoms with Crippen LogP contribution in [0.15, 0.2) is 42.5 Å². The highest BCUT2D eigenvalue weighted by molar-refractivity contribution is 5.85. The fraction of sp³-hybridized carbons (Fsp3) is 0.450. The van der Waals surface area contributed by atoms with Crippen LogP contribution in [0.5, 0.6) is 0 Å². The van der Waals surface area contributed by atoms with Crippen LogP contribution in [0.25, 0.3) is 0 Å². The molecule has 26 heavy (non-hydrogen) atoms. The highest BCUT2D eigenvalue weighted by Crippen LogP contribution is 2.15. The minimum absolute atomic E-state index is 0.0202. The first-order chi connectivity index (χ1) is 12.5. The predicted molar refractivity (Wildman–Crippen MR) is 98.0 cm³/mol. The fourth-order valence-corrected chi connectivity index (χ4v) is 2.56. The van der Waals surface area contributed by atoms with Crippen LogP contribution in [0, 0.1) is 5.92 Å². The summed E-state index contributed by atoms with van der Waals surface area (Å²) in [5.74, 6) is -1.01. The summed E-state index contributed by atoms with van der Waals surface area (Å²) < 4.78 is 5.42. The predicted octanol–water partition coefficient (Wildman–Crippen LogP) is 2.27. The van der Waals surface area contributed by atoms with Crippen molar-refractivity contribution in [1.29, 1.82) is 0 Å². The molecule has 0 bridgehead atoms. The molecule has 6 nitrogen and oxygen atoms in total. The Kier molecular flexibility index (Phi) is 7.38. The van der Waals surface area contributed by atoms with E-state index in [2.05, 4.69) is 10.6 Å². The van der Waals surface area contributed by atoms with E-state index in [0.29, 0.717) is 19.3 Å². The van der Waals surface area contributed by atoms with E-state index in [1.54, 1.807) is 19.9 Å². The number of amides is 2. The molecule has 0 unspecified atom stereocenters. The molecular weight excluding hydrogens is 332 g/mol. The number of hydrogen-bond donors (Lipinski definition) is 2. The van der Waals surface area contributed by atoms with Crippen molar-refractivity contribution in [3.8, 4) is 0 Å². The summed E-state index contributed by atoms with van der Waals surface area (Å²) in [6, 6.07) is 8.23. The minimum atomic E-state index is -0.729. The standard InChI is InChI=1S/C20H26N2O4/c1-14(2)19(24)22-16-11-7-4-8-12-18(23)21-17(13-26-20(16)25)15-9-5-3-6-10-15/h3-7,9-10,14,16-17H,8,11-13H2,1-2H3,(H,21,23)(H,22,24)/t16-,17+/m1/s1. The number of benzene rings is 1. The maximum atomic E-state index is 12.5. The van der Waals surface area contributed by atoms with Crippen LogP contribution in [0.2, 0.25) is 0 Å². The Morgan fingerprint density at radius 2 is 1.92 bits per heavy atom. The zero-order valence-corrected chi connectivity index (χ0v) is 15.2. The lowest BCUT2D eigenvalue weighted by molar-refractivity contribution is -0.149. The second-order valence-corrected chi connectivity index (χ2v) is 6.62. The van der Waals surface area contributed by atoms with E-state index in [0.717, 1.165) is 5.56 Å². The van der Waals surface area contributed by atoms with Crippen molar-refractivity contribution >= 4 is 17.8 Å². The molecule has 0 saturated carbocycles. The van der Waals surface area contributed by atoms with Crippen molar-refractivity contribution in [2.45, 2.75) is 45.2 Å². The molecule has 140 valence electrons. The number of cyclic esters (lactones) is 1. The molecule has 0 fully saturated rings. The molecule has 2 amide bonds. The molecule has 6 heteroatoms. The summed E-state index contributed by atoms with van der Waals surface area (Å²) in [6.07, 6.45) is 4.93. The van der Waals surface area contributed by atoms with E-state index >= 15 is 0 Å². The van der Waals surface area contributed by atoms with Gasteiger partial charge >= 0.3 is 5.97 Å². The van der Waals surface area contributed by atoms with Crippen molar-refractivity contribution in [3.63, 3.8) is 0 Å². The lowest BCUT2D eigenvalue weighted by Gasteiger charge is -2.22. The Labute approximate surface area is 154 Å². The van der Waals surface area contributed by atoms with Crippen molar-refractivity contribution < 1.29 is 19.1 Å². The van der Waals surface area contributed by atoms with Crippen molar-refractivity contribution in [3.05, 3.63) is 48.0 Å². The van der Waals surface area contributed by atoms with Gasteiger partial charge in [0.2, 0.25) is 11.8 Å². The van der Waals surface area contributed by atoms with Crippen molar-refractivity contribution in [2.24, 2.45) is 5.92 Å². The zero-order valence-electron chi connectivity index (χ0n) is 15.2. The van der Waals surface area contributed by atoms with Gasteiger partial charge in [0.1, 0.15) is 12.6 Å². The zero-order chi connectivity index (χ0) is 18.9. The molecular formula is C20H26N2O4. The first kappa shape index (κ1) is 19.7. The van der Waals surface area contributed by atoms with Crippen LogP contribution in [0.4, 0.5) is 0 Å². The average molecular weight is 358 g/mol. The Hall–Kier alpha value is -2.63. The Morgan fingerprint density at radius 1 is 1.19 bits per heavy atom. The summed E-state index contributed by atoms with van der Waals surface area (Å²) in [6.45, 7) is 3.56. The molecule has 2 rings (SSSR count). The smallest absolute Gasteiger partial charge is 0.329 e. The van der Waals surface area contributed by atoms with Gasteiger partial charge in [-0.3, -0.25) is 9.59 Å². The van der Waals surface area contributed by atoms with Gasteiger partial charge in [-0.05, 0) is 18.4 Å². The summed E-state index contributed by atoms with van der Waals surface area (Å²) >= 11 is 0. The molecule has 1 aliphatic heterocycles. The number of hydrogen-bond acceptors (Lipinski definition) is 4. The van der Waals surface area contributed by atoms with Gasteiger partial charge in [0.15, 0.2) is 0 Å². The van der Waals surface area contributed by atoms with E-state index in [4.69, 9.17) is 4.74 Å². The highest BCUT2D eigenvalue weighted by atomic mass is 16.5. The summed E-state index contributed by atoms with van der Waals surface area (Å²) in [5, 5.41) is 5.64. The van der Waals surface area contributed by atoms with E-state index in [1.807, 2.05) is 36.4 Å². The molecule has 2 N–H and O–H groups in total. The van der Waals surface area contributed by atoms with Gasteiger partial charge in [0.25, 0.3) is 0 Å². The molecule has 1 aromatic carbocycles. The van der Waals surface area contributed by atoms with E-state index < -0.39 is 18.1 Å². The number of carbonyl (C=O) groups is 3. The largest absolute Gasteiger partial charge is 0.462 e. The number of rotatable bonds is 3. The minimum Gasteiger partial charge on any atom is -0.462 e. The van der Waals surface area contributed by atoms with E-state index in [1.165, 1.54) is 0 Å². The number of ether oxygens (including phenoxy) is 1. The molecule has 1 aromatic rings. The normalized spacial score (nSPS) is 22.0. The summed E-state index contributed by atoms with van der Waals surface area (Å²) in [4.78, 5) is 36.5. The van der Waals surface area contributed by atoms with Crippen molar-refractivity contribution in [2.75, 3.05) is 6.61 Å². The molecule has 1 aliphatic rings. The second kappa shape index (κ2) is 9.75. The Balaban J connectivity index is 2.14. The lowest BCUT2D eigenvalue weighted by atomic mass is 10.1. The molecule has 0 aliphatic carbocycles. The maximum absolute atomic E-state index is 12.5. The molecule has 0 saturated heterocycles. The fourth-order valence-electron chi connectivity index (χ4n) is 2.56. The first-order valence-electron chi connectivity index (χ1n) is 8.93. The number of nitrogens with one attached hydrogen (secondary N) is 2. The summed E-state index contributed by atoms with van der Waals surface area (Å²) in [7, 11) is 0. The quantitative estimate of drug-likeness (QED) is 0.641. The Bertz CT molecular complexity index is 655. The molecule has 0 aromatic heterocycles. The maximum Gasteiger partial charge on any atom is 0.329 e. The molecule has 0 radical (unpaired) electrons. The lowest BCUT2D eigenvalue weighted by Crippen LogP contribution is -2.44. The monoisotopic (exact) mass is 358 g/mol. The number of esters is 1. The third-order valence-electron chi connectivity index (χ3n) is 4.13. The van der Waals surface area contributed by atoms with Gasteiger partial charge in [-0.2, -0.15) is 0 Å². The van der Waals surface area contributed by atoms with Crippen LogP contribution >= 0.6 is 0 Å². The number of carbonyl (C=O) groups excluding carboxylic acids is 3. The van der Waals surface area contributed by atoms with Gasteiger partial charge in [0.05, 0.1) is 6.04 Å². The van der Waals surface area contributed by atoms with Crippen LogP contribution in [-0.2, 0) is 19.1 Å². The van der Waals surface area contributed by atoms with Crippen LogP contribution in [0.1, 0.15) is 44.7 Å². The van der Waals surface area contributed by atoms with Gasteiger partial charge in [-0.15, -0.1) is 0 Å². The van der Waals surface area contributed by atoms with Gasteiger partial charge in [0, 0.05) is 12.3 Å². The van der Waals surface area contributed by atoms with Gasteiger partial charge < -0.3 is 15.4 Å². The van der Waals surface area contributed by atoms with Crippen LogP contribution in [-0.4, -0.2) is 30.4 Å². The topological polar surface area (TPSA) is 84.5 Å². The summed E-state index contributed by atoms with van der Waals surface area (Å²) in [5.41, 5.74) is 0.865. The van der Waals surface area contributed by atoms with E-state index in [-0.39, 0.29) is 24.3 Å². The SMILES string of the molecule is CC(C)C(=O)N[C@@H]1CC=CCCC(=O)N[C@H](c2ccccc2)COC1=O. The third-order valence-corrected chi connectivity index (χ3v) is 4.13. The van der Waals surface area contributed by atoms with Crippen LogP contribution < -0.4 is 10.6 Å². The second-order valence-electron chi connectivity index (χ2n) is 6.62. The average Bonchev–Trinajstić information content (AvgIpc) is 2.63. The van der Waals surface area contributed by atoms with Gasteiger partial charge in [-0.25, -0.2) is 4.79 Å².